The van der Waals surface area contributed by atoms with Crippen LogP contribution in [-0.4, -0.2) is 64.7 Å². The predicted molar refractivity (Wildman–Crippen MR) is 128 cm³/mol. The van der Waals surface area contributed by atoms with Crippen molar-refractivity contribution in [2.24, 2.45) is 11.8 Å². The van der Waals surface area contributed by atoms with Crippen LogP contribution >= 0.6 is 0 Å². The molecule has 0 radical (unpaired) electrons. The number of amides is 3. The minimum Gasteiger partial charge on any atom is -0.396 e. The molecule has 186 valence electrons. The molecule has 1 spiro atoms. The standard InChI is InChI=1S/C26H37N3O5/c1-3-5-15-27-23(32)21-26-14-13-25(4-2,34-26)19(22(31)28-18-11-7-6-8-12-18)20(26)24(33)29(21)16-9-10-17-30/h6-8,11-12,19-21,30H,3-5,9-10,13-17H2,1-2H3,(H,27,32)(H,28,31)/t19-,20+,21?,25+,26?/m1/s1. The zero-order valence-electron chi connectivity index (χ0n) is 20.2. The Balaban J connectivity index is 1.67. The lowest BCUT2D eigenvalue weighted by Crippen LogP contribution is -2.55. The monoisotopic (exact) mass is 471 g/mol. The van der Waals surface area contributed by atoms with Gasteiger partial charge in [0, 0.05) is 25.4 Å². The van der Waals surface area contributed by atoms with Gasteiger partial charge >= 0.3 is 0 Å². The second-order valence-corrected chi connectivity index (χ2v) is 9.80. The van der Waals surface area contributed by atoms with E-state index in [0.717, 1.165) is 12.8 Å². The number of carbonyl (C=O) groups is 3. The number of carbonyl (C=O) groups excluding carboxylic acids is 3. The molecule has 3 saturated heterocycles. The summed E-state index contributed by atoms with van der Waals surface area (Å²) < 4.78 is 6.71. The van der Waals surface area contributed by atoms with Crippen molar-refractivity contribution >= 4 is 23.4 Å². The largest absolute Gasteiger partial charge is 0.396 e. The number of likely N-dealkylation sites (tertiary alicyclic amines) is 1. The molecule has 2 unspecified atom stereocenters. The molecule has 5 atom stereocenters. The first kappa shape index (κ1) is 24.7. The Morgan fingerprint density at radius 1 is 1.12 bits per heavy atom. The summed E-state index contributed by atoms with van der Waals surface area (Å²) in [6, 6.07) is 8.47. The average Bonchev–Trinajstić information content (AvgIpc) is 3.44. The zero-order chi connectivity index (χ0) is 24.3. The van der Waals surface area contributed by atoms with Crippen LogP contribution in [0.25, 0.3) is 0 Å². The van der Waals surface area contributed by atoms with Crippen molar-refractivity contribution in [3.8, 4) is 0 Å². The lowest BCUT2D eigenvalue weighted by Gasteiger charge is -2.34. The maximum Gasteiger partial charge on any atom is 0.245 e. The molecular weight excluding hydrogens is 434 g/mol. The molecule has 1 aromatic carbocycles. The highest BCUT2D eigenvalue weighted by Gasteiger charge is 2.78. The summed E-state index contributed by atoms with van der Waals surface area (Å²) in [7, 11) is 0. The van der Waals surface area contributed by atoms with E-state index in [1.165, 1.54) is 0 Å². The van der Waals surface area contributed by atoms with E-state index in [2.05, 4.69) is 17.6 Å². The third-order valence-electron chi connectivity index (χ3n) is 7.89. The second-order valence-electron chi connectivity index (χ2n) is 9.80. The Morgan fingerprint density at radius 3 is 2.56 bits per heavy atom. The number of aliphatic hydroxyl groups excluding tert-OH is 1. The molecule has 3 aliphatic heterocycles. The van der Waals surface area contributed by atoms with Crippen molar-refractivity contribution in [1.82, 2.24) is 10.2 Å². The van der Waals surface area contributed by atoms with Gasteiger partial charge in [0.25, 0.3) is 0 Å². The summed E-state index contributed by atoms with van der Waals surface area (Å²) in [6.07, 6.45) is 4.76. The van der Waals surface area contributed by atoms with Crippen LogP contribution < -0.4 is 10.6 Å². The van der Waals surface area contributed by atoms with Gasteiger partial charge in [0.1, 0.15) is 11.6 Å². The number of rotatable bonds is 11. The molecule has 3 heterocycles. The summed E-state index contributed by atoms with van der Waals surface area (Å²) in [4.78, 5) is 42.6. The first-order valence-electron chi connectivity index (χ1n) is 12.7. The fraction of sp³-hybridized carbons (Fsp3) is 0.654. The van der Waals surface area contributed by atoms with Gasteiger partial charge in [0.05, 0.1) is 17.4 Å². The summed E-state index contributed by atoms with van der Waals surface area (Å²) in [5.74, 6) is -1.97. The minimum atomic E-state index is -0.999. The van der Waals surface area contributed by atoms with E-state index < -0.39 is 29.1 Å². The van der Waals surface area contributed by atoms with Gasteiger partial charge in [-0.1, -0.05) is 38.5 Å². The minimum absolute atomic E-state index is 0.0293. The van der Waals surface area contributed by atoms with Gasteiger partial charge in [-0.3, -0.25) is 14.4 Å². The van der Waals surface area contributed by atoms with Crippen LogP contribution in [0.3, 0.4) is 0 Å². The van der Waals surface area contributed by atoms with Crippen LogP contribution in [-0.2, 0) is 19.1 Å². The number of anilines is 1. The third kappa shape index (κ3) is 4.01. The molecule has 3 aliphatic rings. The lowest BCUT2D eigenvalue weighted by molar-refractivity contribution is -0.146. The Kier molecular flexibility index (Phi) is 7.28. The Morgan fingerprint density at radius 2 is 1.88 bits per heavy atom. The number of fused-ring (bicyclic) bond motifs is 1. The molecule has 0 aromatic heterocycles. The van der Waals surface area contributed by atoms with Crippen molar-refractivity contribution < 1.29 is 24.2 Å². The third-order valence-corrected chi connectivity index (χ3v) is 7.89. The van der Waals surface area contributed by atoms with Gasteiger partial charge in [0.15, 0.2) is 0 Å². The van der Waals surface area contributed by atoms with Crippen molar-refractivity contribution in [2.45, 2.75) is 76.0 Å². The highest BCUT2D eigenvalue weighted by molar-refractivity contribution is 6.02. The van der Waals surface area contributed by atoms with Crippen LogP contribution in [0.1, 0.15) is 58.8 Å². The molecule has 3 amide bonds. The topological polar surface area (TPSA) is 108 Å². The number of benzene rings is 1. The molecule has 1 aromatic rings. The Hall–Kier alpha value is -2.45. The molecule has 8 nitrogen and oxygen atoms in total. The van der Waals surface area contributed by atoms with E-state index in [-0.39, 0.29) is 24.3 Å². The molecule has 0 aliphatic carbocycles. The molecular formula is C26H37N3O5. The lowest BCUT2D eigenvalue weighted by atomic mass is 9.65. The summed E-state index contributed by atoms with van der Waals surface area (Å²) in [5.41, 5.74) is -1.07. The quantitative estimate of drug-likeness (QED) is 0.430. The molecule has 8 heteroatoms. The number of aliphatic hydroxyl groups is 1. The Bertz CT molecular complexity index is 909. The summed E-state index contributed by atoms with van der Waals surface area (Å²) in [5, 5.41) is 15.2. The van der Waals surface area contributed by atoms with Crippen LogP contribution in [0.5, 0.6) is 0 Å². The second kappa shape index (κ2) is 10.0. The first-order chi connectivity index (χ1) is 16.4. The van der Waals surface area contributed by atoms with Crippen molar-refractivity contribution in [3.05, 3.63) is 30.3 Å². The van der Waals surface area contributed by atoms with E-state index in [1.54, 1.807) is 4.90 Å². The SMILES string of the molecule is CCCCNC(=O)C1N(CCCCO)C(=O)[C@@H]2[C@H](C(=O)Nc3ccccc3)[C@]3(CC)CCC12O3. The summed E-state index contributed by atoms with van der Waals surface area (Å²) >= 11 is 0. The van der Waals surface area contributed by atoms with Crippen molar-refractivity contribution in [2.75, 3.05) is 25.0 Å². The fourth-order valence-corrected chi connectivity index (χ4v) is 6.28. The van der Waals surface area contributed by atoms with Gasteiger partial charge in [-0.15, -0.1) is 0 Å². The smallest absolute Gasteiger partial charge is 0.245 e. The van der Waals surface area contributed by atoms with E-state index in [0.29, 0.717) is 50.9 Å². The van der Waals surface area contributed by atoms with Crippen LogP contribution in [0.4, 0.5) is 5.69 Å². The van der Waals surface area contributed by atoms with Gasteiger partial charge in [0.2, 0.25) is 17.7 Å². The van der Waals surface area contributed by atoms with Crippen molar-refractivity contribution in [3.63, 3.8) is 0 Å². The van der Waals surface area contributed by atoms with Crippen LogP contribution in [0, 0.1) is 11.8 Å². The van der Waals surface area contributed by atoms with Crippen LogP contribution in [0.15, 0.2) is 30.3 Å². The highest BCUT2D eigenvalue weighted by Crippen LogP contribution is 2.64. The van der Waals surface area contributed by atoms with E-state index in [4.69, 9.17) is 4.74 Å². The average molecular weight is 472 g/mol. The summed E-state index contributed by atoms with van der Waals surface area (Å²) in [6.45, 7) is 4.98. The number of hydrogen-bond donors (Lipinski definition) is 3. The van der Waals surface area contributed by atoms with E-state index in [1.807, 2.05) is 37.3 Å². The number of unbranched alkanes of at least 4 members (excludes halogenated alkanes) is 2. The van der Waals surface area contributed by atoms with Crippen molar-refractivity contribution in [1.29, 1.82) is 0 Å². The number of hydrogen-bond acceptors (Lipinski definition) is 5. The van der Waals surface area contributed by atoms with Crippen LogP contribution in [0.2, 0.25) is 0 Å². The van der Waals surface area contributed by atoms with Gasteiger partial charge in [-0.25, -0.2) is 0 Å². The first-order valence-corrected chi connectivity index (χ1v) is 12.7. The van der Waals surface area contributed by atoms with E-state index in [9.17, 15) is 19.5 Å². The molecule has 4 rings (SSSR count). The molecule has 34 heavy (non-hydrogen) atoms. The Labute approximate surface area is 201 Å². The zero-order valence-corrected chi connectivity index (χ0v) is 20.2. The fourth-order valence-electron chi connectivity index (χ4n) is 6.28. The normalized spacial score (nSPS) is 31.6. The number of para-hydroxylation sites is 1. The number of nitrogens with one attached hydrogen (secondary N) is 2. The molecule has 3 N–H and O–H groups in total. The van der Waals surface area contributed by atoms with Gasteiger partial charge in [-0.2, -0.15) is 0 Å². The van der Waals surface area contributed by atoms with Gasteiger partial charge in [-0.05, 0) is 50.7 Å². The number of nitrogens with zero attached hydrogens (tertiary/aromatic N) is 1. The van der Waals surface area contributed by atoms with E-state index >= 15 is 0 Å². The maximum atomic E-state index is 13.9. The number of ether oxygens (including phenoxy) is 1. The van der Waals surface area contributed by atoms with Gasteiger partial charge < -0.3 is 25.4 Å². The highest BCUT2D eigenvalue weighted by atomic mass is 16.5. The predicted octanol–water partition coefficient (Wildman–Crippen LogP) is 2.47. The molecule has 2 bridgehead atoms. The molecule has 0 saturated carbocycles. The maximum absolute atomic E-state index is 13.9. The molecule has 3 fully saturated rings.